The largest absolute Gasteiger partial charge is 0.465 e. The van der Waals surface area contributed by atoms with Crippen molar-refractivity contribution in [3.63, 3.8) is 0 Å². The summed E-state index contributed by atoms with van der Waals surface area (Å²) in [5.41, 5.74) is 1.88. The molecular weight excluding hydrogens is 432 g/mol. The van der Waals surface area contributed by atoms with Crippen molar-refractivity contribution in [3.05, 3.63) is 87.8 Å². The zero-order valence-electron chi connectivity index (χ0n) is 16.8. The lowest BCUT2D eigenvalue weighted by molar-refractivity contribution is 0.209. The van der Waals surface area contributed by atoms with E-state index in [1.807, 2.05) is 0 Å². The normalized spacial score (nSPS) is 11.2. The molecule has 4 N–H and O–H groups in total. The van der Waals surface area contributed by atoms with Gasteiger partial charge in [0, 0.05) is 23.4 Å². The lowest BCUT2D eigenvalue weighted by Gasteiger charge is -2.10. The van der Waals surface area contributed by atoms with Crippen LogP contribution in [0, 0.1) is 11.6 Å². The molecule has 0 spiro atoms. The van der Waals surface area contributed by atoms with Crippen molar-refractivity contribution in [1.82, 2.24) is 20.2 Å². The van der Waals surface area contributed by atoms with E-state index >= 15 is 0 Å². The van der Waals surface area contributed by atoms with Gasteiger partial charge in [0.2, 0.25) is 5.95 Å². The number of rotatable bonds is 4. The van der Waals surface area contributed by atoms with E-state index < -0.39 is 17.7 Å². The fourth-order valence-corrected chi connectivity index (χ4v) is 3.77. The molecule has 5 aromatic rings. The summed E-state index contributed by atoms with van der Waals surface area (Å²) in [6.45, 7) is 0. The number of imidazole rings is 1. The Balaban J connectivity index is 1.57. The first-order valence-corrected chi connectivity index (χ1v) is 9.83. The second-order valence-corrected chi connectivity index (χ2v) is 7.39. The van der Waals surface area contributed by atoms with E-state index in [4.69, 9.17) is 5.11 Å². The third kappa shape index (κ3) is 3.78. The highest BCUT2D eigenvalue weighted by molar-refractivity contribution is 5.87. The highest BCUT2D eigenvalue weighted by atomic mass is 19.1. The first kappa shape index (κ1) is 20.3. The Morgan fingerprint density at radius 3 is 2.61 bits per heavy atom. The van der Waals surface area contributed by atoms with Crippen LogP contribution in [-0.4, -0.2) is 31.4 Å². The molecule has 3 aromatic carbocycles. The third-order valence-electron chi connectivity index (χ3n) is 5.29. The molecule has 0 radical (unpaired) electrons. The molecule has 8 nitrogen and oxygen atoms in total. The van der Waals surface area contributed by atoms with E-state index in [1.165, 1.54) is 6.07 Å². The number of halogens is 2. The second kappa shape index (κ2) is 7.83. The van der Waals surface area contributed by atoms with Crippen LogP contribution in [0.1, 0.15) is 11.3 Å². The minimum Gasteiger partial charge on any atom is -0.465 e. The molecule has 0 aliphatic rings. The van der Waals surface area contributed by atoms with E-state index in [0.29, 0.717) is 33.1 Å². The first-order valence-electron chi connectivity index (χ1n) is 9.83. The third-order valence-corrected chi connectivity index (χ3v) is 5.29. The van der Waals surface area contributed by atoms with Crippen LogP contribution in [0.15, 0.2) is 59.4 Å². The molecular formula is C23H15F2N5O3. The van der Waals surface area contributed by atoms with E-state index in [1.54, 1.807) is 42.5 Å². The van der Waals surface area contributed by atoms with Crippen LogP contribution in [0.5, 0.6) is 0 Å². The van der Waals surface area contributed by atoms with Gasteiger partial charge < -0.3 is 10.1 Å². The first-order chi connectivity index (χ1) is 15.9. The molecule has 0 aliphatic heterocycles. The maximum absolute atomic E-state index is 14.7. The minimum atomic E-state index is -1.27. The van der Waals surface area contributed by atoms with Gasteiger partial charge in [-0.15, -0.1) is 0 Å². The smallest absolute Gasteiger partial charge is 0.411 e. The van der Waals surface area contributed by atoms with Crippen LogP contribution < -0.4 is 10.9 Å². The summed E-state index contributed by atoms with van der Waals surface area (Å²) < 4.78 is 29.4. The number of anilines is 1. The average molecular weight is 447 g/mol. The Morgan fingerprint density at radius 2 is 1.82 bits per heavy atom. The fraction of sp³-hybridized carbons (Fsp3) is 0.0435. The van der Waals surface area contributed by atoms with Crippen molar-refractivity contribution in [2.24, 2.45) is 0 Å². The number of carbonyl (C=O) groups is 1. The van der Waals surface area contributed by atoms with Crippen molar-refractivity contribution in [2.45, 2.75) is 6.42 Å². The zero-order chi connectivity index (χ0) is 23.1. The number of amides is 1. The van der Waals surface area contributed by atoms with Gasteiger partial charge in [-0.25, -0.2) is 23.7 Å². The monoisotopic (exact) mass is 447 g/mol. The Labute approximate surface area is 183 Å². The summed E-state index contributed by atoms with van der Waals surface area (Å²) in [5.74, 6) is -1.45. The highest BCUT2D eigenvalue weighted by Crippen LogP contribution is 2.30. The molecule has 0 saturated carbocycles. The molecule has 10 heteroatoms. The van der Waals surface area contributed by atoms with E-state index in [0.717, 1.165) is 6.07 Å². The number of H-pyrrole nitrogens is 2. The molecule has 0 saturated heterocycles. The maximum Gasteiger partial charge on any atom is 0.411 e. The molecule has 164 valence electrons. The van der Waals surface area contributed by atoms with Crippen molar-refractivity contribution in [2.75, 3.05) is 5.32 Å². The molecule has 2 aromatic heterocycles. The van der Waals surface area contributed by atoms with Crippen molar-refractivity contribution in [3.8, 4) is 11.1 Å². The van der Waals surface area contributed by atoms with Crippen LogP contribution >= 0.6 is 0 Å². The predicted octanol–water partition coefficient (Wildman–Crippen LogP) is 4.43. The molecule has 0 fully saturated rings. The molecule has 0 atom stereocenters. The Kier molecular flexibility index (Phi) is 4.82. The quantitative estimate of drug-likeness (QED) is 0.325. The Bertz CT molecular complexity index is 1610. The molecule has 5 rings (SSSR count). The topological polar surface area (TPSA) is 124 Å². The van der Waals surface area contributed by atoms with Crippen molar-refractivity contribution < 1.29 is 18.7 Å². The highest BCUT2D eigenvalue weighted by Gasteiger charge is 2.16. The van der Waals surface area contributed by atoms with Gasteiger partial charge in [-0.3, -0.25) is 10.1 Å². The van der Waals surface area contributed by atoms with Gasteiger partial charge in [0.25, 0.3) is 5.56 Å². The van der Waals surface area contributed by atoms with Crippen LogP contribution in [0.2, 0.25) is 0 Å². The lowest BCUT2D eigenvalue weighted by Crippen LogP contribution is -2.11. The average Bonchev–Trinajstić information content (AvgIpc) is 3.18. The number of carboxylic acid groups (broad SMARTS) is 1. The minimum absolute atomic E-state index is 0.0333. The number of aromatic amines is 2. The summed E-state index contributed by atoms with van der Waals surface area (Å²) in [4.78, 5) is 29.7. The van der Waals surface area contributed by atoms with Crippen LogP contribution in [0.25, 0.3) is 32.9 Å². The predicted molar refractivity (Wildman–Crippen MR) is 118 cm³/mol. The fourth-order valence-electron chi connectivity index (χ4n) is 3.77. The number of aromatic nitrogens is 4. The SMILES string of the molecule is O=C(O)Nc1nc2ccc(-c3cc(Cc4n[nH]c(=O)c5ccccc45)c(F)cc3F)cc2[nH]1. The Hall–Kier alpha value is -4.60. The van der Waals surface area contributed by atoms with Gasteiger partial charge >= 0.3 is 6.09 Å². The summed E-state index contributed by atoms with van der Waals surface area (Å²) >= 11 is 0. The van der Waals surface area contributed by atoms with Gasteiger partial charge in [-0.2, -0.15) is 5.10 Å². The lowest BCUT2D eigenvalue weighted by atomic mass is 9.98. The molecule has 2 heterocycles. The van der Waals surface area contributed by atoms with E-state index in [-0.39, 0.29) is 29.1 Å². The Morgan fingerprint density at radius 1 is 1.03 bits per heavy atom. The van der Waals surface area contributed by atoms with E-state index in [9.17, 15) is 18.4 Å². The standard InChI is InChI=1S/C23H15F2N5O3/c24-16-10-17(25)15(11-5-6-18-20(8-11)27-22(26-18)28-23(32)33)7-12(16)9-19-13-3-1-2-4-14(13)21(31)30-29-19/h1-8,10H,9H2,(H,30,31)(H,32,33)(H2,26,27,28). The number of nitrogens with zero attached hydrogens (tertiary/aromatic N) is 2. The molecule has 1 amide bonds. The summed E-state index contributed by atoms with van der Waals surface area (Å²) in [5, 5.41) is 18.5. The number of fused-ring (bicyclic) bond motifs is 2. The van der Waals surface area contributed by atoms with Gasteiger partial charge in [-0.1, -0.05) is 24.3 Å². The number of hydrogen-bond acceptors (Lipinski definition) is 4. The van der Waals surface area contributed by atoms with Gasteiger partial charge in [0.05, 0.1) is 22.1 Å². The molecule has 0 aliphatic carbocycles. The van der Waals surface area contributed by atoms with Crippen molar-refractivity contribution in [1.29, 1.82) is 0 Å². The molecule has 0 unspecified atom stereocenters. The number of benzene rings is 3. The van der Waals surface area contributed by atoms with Crippen LogP contribution in [0.3, 0.4) is 0 Å². The van der Waals surface area contributed by atoms with Crippen molar-refractivity contribution >= 4 is 33.8 Å². The van der Waals surface area contributed by atoms with Gasteiger partial charge in [0.15, 0.2) is 0 Å². The van der Waals surface area contributed by atoms with E-state index in [2.05, 4.69) is 25.5 Å². The summed E-state index contributed by atoms with van der Waals surface area (Å²) in [6.07, 6.45) is -1.23. The van der Waals surface area contributed by atoms with Crippen LogP contribution in [0.4, 0.5) is 19.5 Å². The number of nitrogens with one attached hydrogen (secondary N) is 3. The molecule has 0 bridgehead atoms. The zero-order valence-corrected chi connectivity index (χ0v) is 16.8. The molecule has 33 heavy (non-hydrogen) atoms. The van der Waals surface area contributed by atoms with Crippen LogP contribution in [-0.2, 0) is 6.42 Å². The summed E-state index contributed by atoms with van der Waals surface area (Å²) in [7, 11) is 0. The van der Waals surface area contributed by atoms with Gasteiger partial charge in [0.1, 0.15) is 11.6 Å². The number of hydrogen-bond donors (Lipinski definition) is 4. The summed E-state index contributed by atoms with van der Waals surface area (Å²) in [6, 6.07) is 13.9. The second-order valence-electron chi connectivity index (χ2n) is 7.39. The maximum atomic E-state index is 14.7. The van der Waals surface area contributed by atoms with Gasteiger partial charge in [-0.05, 0) is 35.4 Å².